The summed E-state index contributed by atoms with van der Waals surface area (Å²) >= 11 is 5.65. The van der Waals surface area contributed by atoms with Crippen molar-refractivity contribution in [3.63, 3.8) is 0 Å². The van der Waals surface area contributed by atoms with Gasteiger partial charge in [0, 0.05) is 5.88 Å². The Morgan fingerprint density at radius 2 is 1.52 bits per heavy atom. The van der Waals surface area contributed by atoms with Gasteiger partial charge in [-0.05, 0) is 51.9 Å². The molecule has 21 heavy (non-hydrogen) atoms. The second kappa shape index (κ2) is 17.6. The summed E-state index contributed by atoms with van der Waals surface area (Å²) in [7, 11) is 0. The minimum Gasteiger partial charge on any atom is -0.127 e. The van der Waals surface area contributed by atoms with Crippen LogP contribution in [0, 0.1) is 0 Å². The van der Waals surface area contributed by atoms with Crippen molar-refractivity contribution in [1.29, 1.82) is 0 Å². The molecule has 0 nitrogen and oxygen atoms in total. The van der Waals surface area contributed by atoms with Gasteiger partial charge >= 0.3 is 0 Å². The van der Waals surface area contributed by atoms with E-state index in [9.17, 15) is 0 Å². The Kier molecular flexibility index (Phi) is 17.2. The summed E-state index contributed by atoms with van der Waals surface area (Å²) in [6.07, 6.45) is 25.3. The molecule has 0 rings (SSSR count). The minimum atomic E-state index is 0.813. The molecule has 0 aromatic carbocycles. The van der Waals surface area contributed by atoms with Gasteiger partial charge in [0.2, 0.25) is 0 Å². The lowest BCUT2D eigenvalue weighted by molar-refractivity contribution is 0.676. The van der Waals surface area contributed by atoms with Crippen LogP contribution in [0.1, 0.15) is 84.5 Å². The molecule has 0 heterocycles. The number of alkyl halides is 1. The third kappa shape index (κ3) is 17.5. The number of hydrogen-bond acceptors (Lipinski definition) is 0. The van der Waals surface area contributed by atoms with Crippen molar-refractivity contribution in [3.8, 4) is 0 Å². The fraction of sp³-hybridized carbons (Fsp3) is 0.700. The summed E-state index contributed by atoms with van der Waals surface area (Å²) < 4.78 is 0. The van der Waals surface area contributed by atoms with Crippen LogP contribution in [0.15, 0.2) is 36.0 Å². The molecular weight excluding hydrogens is 276 g/mol. The summed E-state index contributed by atoms with van der Waals surface area (Å²) in [5.74, 6) is 0.813. The third-order valence-corrected chi connectivity index (χ3v) is 3.90. The smallest absolute Gasteiger partial charge is 0.0223 e. The van der Waals surface area contributed by atoms with E-state index in [2.05, 4.69) is 44.2 Å². The van der Waals surface area contributed by atoms with Gasteiger partial charge < -0.3 is 0 Å². The van der Waals surface area contributed by atoms with E-state index in [1.54, 1.807) is 5.57 Å². The van der Waals surface area contributed by atoms with E-state index < -0.39 is 0 Å². The molecule has 0 radical (unpaired) electrons. The maximum atomic E-state index is 5.65. The number of hydrogen-bond donors (Lipinski definition) is 0. The first-order valence-corrected chi connectivity index (χ1v) is 9.36. The van der Waals surface area contributed by atoms with Crippen molar-refractivity contribution in [2.45, 2.75) is 84.5 Å². The van der Waals surface area contributed by atoms with Crippen molar-refractivity contribution in [2.75, 3.05) is 5.88 Å². The normalized spacial score (nSPS) is 12.8. The van der Waals surface area contributed by atoms with E-state index in [-0.39, 0.29) is 0 Å². The molecule has 0 aromatic rings. The van der Waals surface area contributed by atoms with E-state index in [0.29, 0.717) is 0 Å². The highest BCUT2D eigenvalue weighted by Crippen LogP contribution is 2.09. The fourth-order valence-electron chi connectivity index (χ4n) is 2.22. The van der Waals surface area contributed by atoms with Crippen LogP contribution in [0.5, 0.6) is 0 Å². The SMILES string of the molecule is CCCCC/C(C)=C\C/C=C\C/C=C\CCCCCCCl. The van der Waals surface area contributed by atoms with Crippen molar-refractivity contribution in [2.24, 2.45) is 0 Å². The zero-order valence-corrected chi connectivity index (χ0v) is 15.0. The van der Waals surface area contributed by atoms with E-state index in [4.69, 9.17) is 11.6 Å². The second-order valence-corrected chi connectivity index (χ2v) is 6.19. The highest BCUT2D eigenvalue weighted by atomic mass is 35.5. The summed E-state index contributed by atoms with van der Waals surface area (Å²) in [5, 5.41) is 0. The van der Waals surface area contributed by atoms with E-state index in [1.165, 1.54) is 57.8 Å². The Morgan fingerprint density at radius 3 is 2.29 bits per heavy atom. The van der Waals surface area contributed by atoms with E-state index in [0.717, 1.165) is 18.7 Å². The van der Waals surface area contributed by atoms with Gasteiger partial charge in [-0.1, -0.05) is 68.6 Å². The molecule has 0 bridgehead atoms. The molecule has 0 aromatic heterocycles. The molecule has 0 fully saturated rings. The Balaban J connectivity index is 3.44. The molecule has 0 aliphatic carbocycles. The van der Waals surface area contributed by atoms with Gasteiger partial charge in [-0.15, -0.1) is 11.6 Å². The predicted octanol–water partition coefficient (Wildman–Crippen LogP) is 7.59. The van der Waals surface area contributed by atoms with Gasteiger partial charge in [0.05, 0.1) is 0 Å². The largest absolute Gasteiger partial charge is 0.127 e. The standard InChI is InChI=1S/C20H35Cl/c1-3-4-14-17-20(2)18-15-12-10-8-6-5-7-9-11-13-16-19-21/h5-6,10,12,18H,3-4,7-9,11,13-17,19H2,1-2H3/b6-5-,12-10-,20-18-. The number of rotatable bonds is 14. The fourth-order valence-corrected chi connectivity index (χ4v) is 2.41. The molecular formula is C20H35Cl. The van der Waals surface area contributed by atoms with Gasteiger partial charge in [0.15, 0.2) is 0 Å². The molecule has 0 aliphatic heterocycles. The Morgan fingerprint density at radius 1 is 0.810 bits per heavy atom. The maximum Gasteiger partial charge on any atom is 0.0223 e. The van der Waals surface area contributed by atoms with Crippen LogP contribution in [0.2, 0.25) is 0 Å². The Bertz CT molecular complexity index is 286. The zero-order valence-electron chi connectivity index (χ0n) is 14.2. The number of halogens is 1. The first kappa shape index (κ1) is 20.5. The van der Waals surface area contributed by atoms with Crippen molar-refractivity contribution >= 4 is 11.6 Å². The van der Waals surface area contributed by atoms with Crippen LogP contribution in [0.4, 0.5) is 0 Å². The first-order chi connectivity index (χ1) is 10.3. The molecule has 0 unspecified atom stereocenters. The van der Waals surface area contributed by atoms with Crippen molar-refractivity contribution < 1.29 is 0 Å². The van der Waals surface area contributed by atoms with E-state index in [1.807, 2.05) is 0 Å². The van der Waals surface area contributed by atoms with Crippen LogP contribution >= 0.6 is 11.6 Å². The summed E-state index contributed by atoms with van der Waals surface area (Å²) in [6.45, 7) is 4.52. The predicted molar refractivity (Wildman–Crippen MR) is 99.2 cm³/mol. The summed E-state index contributed by atoms with van der Waals surface area (Å²) in [4.78, 5) is 0. The third-order valence-electron chi connectivity index (χ3n) is 3.64. The second-order valence-electron chi connectivity index (χ2n) is 5.81. The molecule has 0 saturated carbocycles. The zero-order chi connectivity index (χ0) is 15.6. The Labute approximate surface area is 138 Å². The van der Waals surface area contributed by atoms with Crippen LogP contribution in [0.25, 0.3) is 0 Å². The Hall–Kier alpha value is -0.490. The molecule has 0 N–H and O–H groups in total. The van der Waals surface area contributed by atoms with Crippen LogP contribution in [-0.2, 0) is 0 Å². The molecule has 0 amide bonds. The molecule has 1 heteroatoms. The lowest BCUT2D eigenvalue weighted by atomic mass is 10.1. The summed E-state index contributed by atoms with van der Waals surface area (Å²) in [6, 6.07) is 0. The molecule has 0 atom stereocenters. The van der Waals surface area contributed by atoms with Crippen LogP contribution in [0.3, 0.4) is 0 Å². The quantitative estimate of drug-likeness (QED) is 0.176. The van der Waals surface area contributed by atoms with Gasteiger partial charge in [0.1, 0.15) is 0 Å². The van der Waals surface area contributed by atoms with E-state index >= 15 is 0 Å². The molecule has 0 saturated heterocycles. The molecule has 0 aliphatic rings. The highest BCUT2D eigenvalue weighted by Gasteiger charge is 1.89. The topological polar surface area (TPSA) is 0 Å². The van der Waals surface area contributed by atoms with Gasteiger partial charge in [-0.3, -0.25) is 0 Å². The van der Waals surface area contributed by atoms with Gasteiger partial charge in [-0.25, -0.2) is 0 Å². The lowest BCUT2D eigenvalue weighted by Gasteiger charge is -1.98. The lowest BCUT2D eigenvalue weighted by Crippen LogP contribution is -1.78. The highest BCUT2D eigenvalue weighted by molar-refractivity contribution is 6.17. The first-order valence-electron chi connectivity index (χ1n) is 8.82. The van der Waals surface area contributed by atoms with Crippen molar-refractivity contribution in [1.82, 2.24) is 0 Å². The van der Waals surface area contributed by atoms with Crippen molar-refractivity contribution in [3.05, 3.63) is 36.0 Å². The monoisotopic (exact) mass is 310 g/mol. The van der Waals surface area contributed by atoms with Crippen LogP contribution < -0.4 is 0 Å². The van der Waals surface area contributed by atoms with Gasteiger partial charge in [0.25, 0.3) is 0 Å². The average molecular weight is 311 g/mol. The maximum absolute atomic E-state index is 5.65. The number of unbranched alkanes of at least 4 members (excludes halogenated alkanes) is 6. The van der Waals surface area contributed by atoms with Gasteiger partial charge in [-0.2, -0.15) is 0 Å². The molecule has 122 valence electrons. The average Bonchev–Trinajstić information content (AvgIpc) is 2.48. The minimum absolute atomic E-state index is 0.813. The van der Waals surface area contributed by atoms with Crippen LogP contribution in [-0.4, -0.2) is 5.88 Å². The summed E-state index contributed by atoms with van der Waals surface area (Å²) in [5.41, 5.74) is 1.54. The molecule has 0 spiro atoms. The number of allylic oxidation sites excluding steroid dienone is 6.